The van der Waals surface area contributed by atoms with E-state index in [-0.39, 0.29) is 6.04 Å². The highest BCUT2D eigenvalue weighted by molar-refractivity contribution is 7.09. The molecule has 3 N–H and O–H groups in total. The van der Waals surface area contributed by atoms with E-state index >= 15 is 0 Å². The lowest BCUT2D eigenvalue weighted by molar-refractivity contribution is 0.512. The fraction of sp³-hybridized carbons (Fsp3) is 0.308. The Morgan fingerprint density at radius 1 is 1.26 bits per heavy atom. The summed E-state index contributed by atoms with van der Waals surface area (Å²) >= 11 is 1.57. The summed E-state index contributed by atoms with van der Waals surface area (Å²) in [6, 6.07) is 3.39. The predicted octanol–water partition coefficient (Wildman–Crippen LogP) is 2.35. The quantitative estimate of drug-likeness (QED) is 0.654. The number of nitrogens with two attached hydrogens (primary N) is 1. The van der Waals surface area contributed by atoms with E-state index in [1.165, 1.54) is 12.1 Å². The lowest BCUT2D eigenvalue weighted by Crippen LogP contribution is -2.38. The summed E-state index contributed by atoms with van der Waals surface area (Å²) in [5.74, 6) is 4.34. The van der Waals surface area contributed by atoms with E-state index in [9.17, 15) is 8.78 Å². The van der Waals surface area contributed by atoms with Crippen LogP contribution < -0.4 is 11.3 Å². The first kappa shape index (κ1) is 14.0. The van der Waals surface area contributed by atoms with Gasteiger partial charge in [0.2, 0.25) is 0 Å². The van der Waals surface area contributed by atoms with E-state index in [0.29, 0.717) is 18.4 Å². The second-order valence-electron chi connectivity index (χ2n) is 4.41. The Labute approximate surface area is 114 Å². The molecule has 0 saturated carbocycles. The van der Waals surface area contributed by atoms with Crippen molar-refractivity contribution in [2.75, 3.05) is 0 Å². The number of hydrogen-bond acceptors (Lipinski definition) is 4. The van der Waals surface area contributed by atoms with Gasteiger partial charge in [-0.15, -0.1) is 11.3 Å². The van der Waals surface area contributed by atoms with Crippen molar-refractivity contribution in [1.29, 1.82) is 0 Å². The molecular formula is C13H15F2N3S. The van der Waals surface area contributed by atoms with E-state index in [0.717, 1.165) is 16.8 Å². The molecule has 6 heteroatoms. The summed E-state index contributed by atoms with van der Waals surface area (Å²) in [4.78, 5) is 4.35. The van der Waals surface area contributed by atoms with Crippen molar-refractivity contribution >= 4 is 11.3 Å². The van der Waals surface area contributed by atoms with Gasteiger partial charge in [-0.2, -0.15) is 0 Å². The van der Waals surface area contributed by atoms with E-state index in [1.54, 1.807) is 11.3 Å². The topological polar surface area (TPSA) is 50.9 Å². The standard InChI is InChI=1S/C13H15F2N3S/c1-8-17-13(7-19-8)6-12(18-16)4-9-2-10(14)5-11(15)3-9/h2-3,5,7,12,18H,4,6,16H2,1H3. The molecule has 0 fully saturated rings. The van der Waals surface area contributed by atoms with Crippen molar-refractivity contribution in [2.24, 2.45) is 5.84 Å². The van der Waals surface area contributed by atoms with E-state index in [1.807, 2.05) is 12.3 Å². The molecule has 2 rings (SSSR count). The van der Waals surface area contributed by atoms with E-state index < -0.39 is 11.6 Å². The van der Waals surface area contributed by atoms with Gasteiger partial charge < -0.3 is 0 Å². The van der Waals surface area contributed by atoms with Crippen molar-refractivity contribution in [3.63, 3.8) is 0 Å². The zero-order valence-electron chi connectivity index (χ0n) is 10.5. The summed E-state index contributed by atoms with van der Waals surface area (Å²) in [6.07, 6.45) is 1.07. The van der Waals surface area contributed by atoms with Crippen LogP contribution in [-0.2, 0) is 12.8 Å². The molecule has 0 saturated heterocycles. The minimum Gasteiger partial charge on any atom is -0.271 e. The van der Waals surface area contributed by atoms with Crippen LogP contribution in [0.4, 0.5) is 8.78 Å². The smallest absolute Gasteiger partial charge is 0.126 e. The first-order chi connectivity index (χ1) is 9.06. The molecule has 0 bridgehead atoms. The molecule has 1 heterocycles. The van der Waals surface area contributed by atoms with Crippen LogP contribution in [0.5, 0.6) is 0 Å². The van der Waals surface area contributed by atoms with Crippen LogP contribution in [0.3, 0.4) is 0 Å². The molecule has 1 aromatic carbocycles. The number of hydrazine groups is 1. The van der Waals surface area contributed by atoms with Crippen LogP contribution in [0.25, 0.3) is 0 Å². The summed E-state index contributed by atoms with van der Waals surface area (Å²) < 4.78 is 26.2. The summed E-state index contributed by atoms with van der Waals surface area (Å²) in [6.45, 7) is 1.93. The van der Waals surface area contributed by atoms with Crippen molar-refractivity contribution in [1.82, 2.24) is 10.4 Å². The molecule has 0 radical (unpaired) electrons. The largest absolute Gasteiger partial charge is 0.271 e. The summed E-state index contributed by atoms with van der Waals surface area (Å²) in [7, 11) is 0. The third-order valence-electron chi connectivity index (χ3n) is 2.76. The molecule has 2 aromatic rings. The van der Waals surface area contributed by atoms with Gasteiger partial charge in [0.1, 0.15) is 11.6 Å². The number of benzene rings is 1. The SMILES string of the molecule is Cc1nc(CC(Cc2cc(F)cc(F)c2)NN)cs1. The van der Waals surface area contributed by atoms with Crippen molar-refractivity contribution in [3.8, 4) is 0 Å². The van der Waals surface area contributed by atoms with Crippen LogP contribution in [0.15, 0.2) is 23.6 Å². The maximum atomic E-state index is 13.1. The zero-order chi connectivity index (χ0) is 13.8. The highest BCUT2D eigenvalue weighted by atomic mass is 32.1. The lowest BCUT2D eigenvalue weighted by Gasteiger charge is -2.14. The molecule has 0 aliphatic heterocycles. The van der Waals surface area contributed by atoms with Crippen LogP contribution in [0.2, 0.25) is 0 Å². The number of hydrogen-bond donors (Lipinski definition) is 2. The maximum absolute atomic E-state index is 13.1. The first-order valence-corrected chi connectivity index (χ1v) is 6.77. The number of nitrogens with zero attached hydrogens (tertiary/aromatic N) is 1. The fourth-order valence-corrected chi connectivity index (χ4v) is 2.58. The third kappa shape index (κ3) is 4.05. The van der Waals surface area contributed by atoms with Crippen molar-refractivity contribution in [2.45, 2.75) is 25.8 Å². The highest BCUT2D eigenvalue weighted by Gasteiger charge is 2.12. The van der Waals surface area contributed by atoms with E-state index in [4.69, 9.17) is 5.84 Å². The molecule has 0 spiro atoms. The van der Waals surface area contributed by atoms with Crippen molar-refractivity contribution in [3.05, 3.63) is 51.5 Å². The van der Waals surface area contributed by atoms with Crippen LogP contribution in [-0.4, -0.2) is 11.0 Å². The summed E-state index contributed by atoms with van der Waals surface area (Å²) in [5, 5.41) is 2.95. The maximum Gasteiger partial charge on any atom is 0.126 e. The second kappa shape index (κ2) is 6.18. The number of rotatable bonds is 5. The minimum absolute atomic E-state index is 0.109. The normalized spacial score (nSPS) is 12.6. The molecule has 1 aromatic heterocycles. The Hall–Kier alpha value is -1.37. The van der Waals surface area contributed by atoms with Gasteiger partial charge in [0, 0.05) is 23.9 Å². The molecule has 19 heavy (non-hydrogen) atoms. The molecule has 1 unspecified atom stereocenters. The Kier molecular flexibility index (Phi) is 4.57. The number of halogens is 2. The monoisotopic (exact) mass is 283 g/mol. The molecule has 1 atom stereocenters. The zero-order valence-corrected chi connectivity index (χ0v) is 11.3. The minimum atomic E-state index is -0.574. The lowest BCUT2D eigenvalue weighted by atomic mass is 10.0. The van der Waals surface area contributed by atoms with E-state index in [2.05, 4.69) is 10.4 Å². The molecule has 3 nitrogen and oxygen atoms in total. The molecule has 0 aliphatic rings. The van der Waals surface area contributed by atoms with Gasteiger partial charge in [-0.1, -0.05) is 0 Å². The Morgan fingerprint density at radius 3 is 2.47 bits per heavy atom. The Morgan fingerprint density at radius 2 is 1.95 bits per heavy atom. The number of aromatic nitrogens is 1. The van der Waals surface area contributed by atoms with Gasteiger partial charge in [-0.25, -0.2) is 13.8 Å². The van der Waals surface area contributed by atoms with Gasteiger partial charge >= 0.3 is 0 Å². The second-order valence-corrected chi connectivity index (χ2v) is 5.47. The Bertz CT molecular complexity index is 536. The number of aryl methyl sites for hydroxylation is 1. The highest BCUT2D eigenvalue weighted by Crippen LogP contribution is 2.14. The van der Waals surface area contributed by atoms with Crippen molar-refractivity contribution < 1.29 is 8.78 Å². The average molecular weight is 283 g/mol. The van der Waals surface area contributed by atoms with Gasteiger partial charge in [-0.05, 0) is 31.0 Å². The molecular weight excluding hydrogens is 268 g/mol. The molecule has 102 valence electrons. The Balaban J connectivity index is 2.06. The average Bonchev–Trinajstić information content (AvgIpc) is 2.72. The van der Waals surface area contributed by atoms with Crippen LogP contribution >= 0.6 is 11.3 Å². The molecule has 0 amide bonds. The third-order valence-corrected chi connectivity index (χ3v) is 3.58. The fourth-order valence-electron chi connectivity index (χ4n) is 1.96. The van der Waals surface area contributed by atoms with Crippen LogP contribution in [0.1, 0.15) is 16.3 Å². The molecule has 0 aliphatic carbocycles. The van der Waals surface area contributed by atoms with Gasteiger partial charge in [0.15, 0.2) is 0 Å². The summed E-state index contributed by atoms with van der Waals surface area (Å²) in [5.41, 5.74) is 4.18. The first-order valence-electron chi connectivity index (χ1n) is 5.89. The van der Waals surface area contributed by atoms with Gasteiger partial charge in [0.05, 0.1) is 10.7 Å². The van der Waals surface area contributed by atoms with Gasteiger partial charge in [-0.3, -0.25) is 11.3 Å². The predicted molar refractivity (Wildman–Crippen MR) is 71.7 cm³/mol. The van der Waals surface area contributed by atoms with Crippen LogP contribution in [0, 0.1) is 18.6 Å². The number of thiazole rings is 1. The number of nitrogens with one attached hydrogen (secondary N) is 1. The van der Waals surface area contributed by atoms with Gasteiger partial charge in [0.25, 0.3) is 0 Å².